The first-order chi connectivity index (χ1) is 6.58. The Kier molecular flexibility index (Phi) is 4.24. The molecular formula is C9H15F2NO2Pd. The van der Waals surface area contributed by atoms with Crippen molar-refractivity contribution in [1.29, 1.82) is 0 Å². The van der Waals surface area contributed by atoms with Crippen molar-refractivity contribution in [2.75, 3.05) is 19.8 Å². The molecule has 0 aromatic heterocycles. The Morgan fingerprint density at radius 1 is 1.20 bits per heavy atom. The van der Waals surface area contributed by atoms with Gasteiger partial charge >= 0.3 is 0 Å². The Morgan fingerprint density at radius 3 is 2.33 bits per heavy atom. The van der Waals surface area contributed by atoms with Gasteiger partial charge in [-0.2, -0.15) is 0 Å². The van der Waals surface area contributed by atoms with Crippen LogP contribution in [0, 0.1) is 5.92 Å². The third kappa shape index (κ3) is 2.56. The Labute approximate surface area is 101 Å². The molecule has 1 spiro atoms. The Bertz CT molecular complexity index is 222. The molecule has 6 heteroatoms. The third-order valence-corrected chi connectivity index (χ3v) is 3.09. The summed E-state index contributed by atoms with van der Waals surface area (Å²) in [4.78, 5) is 0. The maximum absolute atomic E-state index is 13.3. The summed E-state index contributed by atoms with van der Waals surface area (Å²) in [5.41, 5.74) is 5.34. The van der Waals surface area contributed by atoms with Crippen LogP contribution in [-0.2, 0) is 29.9 Å². The maximum atomic E-state index is 13.3. The summed E-state index contributed by atoms with van der Waals surface area (Å²) in [6.45, 7) is 0.993. The van der Waals surface area contributed by atoms with E-state index in [1.54, 1.807) is 0 Å². The van der Waals surface area contributed by atoms with Crippen LogP contribution < -0.4 is 5.73 Å². The van der Waals surface area contributed by atoms with E-state index < -0.39 is 17.6 Å². The zero-order chi connectivity index (χ0) is 10.2. The molecule has 2 rings (SSSR count). The summed E-state index contributed by atoms with van der Waals surface area (Å²) >= 11 is 0. The SMILES string of the molecule is NC[C@H]1CC2(CCC1(F)F)OCCO2.[Pd]. The van der Waals surface area contributed by atoms with E-state index in [2.05, 4.69) is 0 Å². The molecule has 0 bridgehead atoms. The van der Waals surface area contributed by atoms with Crippen molar-refractivity contribution in [3.8, 4) is 0 Å². The molecule has 1 heterocycles. The van der Waals surface area contributed by atoms with E-state index in [1.807, 2.05) is 0 Å². The van der Waals surface area contributed by atoms with E-state index >= 15 is 0 Å². The molecule has 3 nitrogen and oxygen atoms in total. The zero-order valence-corrected chi connectivity index (χ0v) is 9.84. The first-order valence-corrected chi connectivity index (χ1v) is 4.94. The molecule has 0 unspecified atom stereocenters. The summed E-state index contributed by atoms with van der Waals surface area (Å²) in [6.07, 6.45) is 0.307. The van der Waals surface area contributed by atoms with E-state index in [0.717, 1.165) is 0 Å². The minimum absolute atomic E-state index is 0. The van der Waals surface area contributed by atoms with Crippen LogP contribution in [0.4, 0.5) is 8.78 Å². The zero-order valence-electron chi connectivity index (χ0n) is 8.29. The fourth-order valence-electron chi connectivity index (χ4n) is 2.20. The topological polar surface area (TPSA) is 44.5 Å². The normalized spacial score (nSPS) is 32.6. The fourth-order valence-corrected chi connectivity index (χ4v) is 2.20. The molecule has 0 radical (unpaired) electrons. The van der Waals surface area contributed by atoms with Gasteiger partial charge in [0.05, 0.1) is 13.2 Å². The van der Waals surface area contributed by atoms with Crippen molar-refractivity contribution < 1.29 is 38.7 Å². The van der Waals surface area contributed by atoms with Crippen molar-refractivity contribution in [3.05, 3.63) is 0 Å². The molecule has 2 aliphatic rings. The summed E-state index contributed by atoms with van der Waals surface area (Å²) in [5.74, 6) is -4.23. The van der Waals surface area contributed by atoms with Crippen LogP contribution in [0.5, 0.6) is 0 Å². The van der Waals surface area contributed by atoms with E-state index in [-0.39, 0.29) is 46.2 Å². The molecule has 1 atom stereocenters. The van der Waals surface area contributed by atoms with Crippen molar-refractivity contribution in [2.45, 2.75) is 31.0 Å². The molecule has 92 valence electrons. The number of hydrogen-bond donors (Lipinski definition) is 1. The van der Waals surface area contributed by atoms with Crippen LogP contribution in [0.25, 0.3) is 0 Å². The van der Waals surface area contributed by atoms with Crippen LogP contribution in [-0.4, -0.2) is 31.5 Å². The standard InChI is InChI=1S/C9H15F2NO2.Pd/c10-9(11)2-1-8(5-7(9)6-12)13-3-4-14-8;/h7H,1-6,12H2;/t7-;/m1./s1. The van der Waals surface area contributed by atoms with Gasteiger partial charge < -0.3 is 15.2 Å². The summed E-state index contributed by atoms with van der Waals surface area (Å²) in [5, 5.41) is 0. The predicted octanol–water partition coefficient (Wildman–Crippen LogP) is 1.12. The number of ether oxygens (including phenoxy) is 2. The van der Waals surface area contributed by atoms with Crippen molar-refractivity contribution in [1.82, 2.24) is 0 Å². The van der Waals surface area contributed by atoms with Gasteiger partial charge in [0.2, 0.25) is 0 Å². The van der Waals surface area contributed by atoms with E-state index in [9.17, 15) is 8.78 Å². The van der Waals surface area contributed by atoms with Gasteiger partial charge in [-0.25, -0.2) is 8.78 Å². The van der Waals surface area contributed by atoms with Crippen LogP contribution in [0.1, 0.15) is 19.3 Å². The molecule has 1 saturated heterocycles. The Morgan fingerprint density at radius 2 is 1.80 bits per heavy atom. The molecule has 1 aliphatic heterocycles. The summed E-state index contributed by atoms with van der Waals surface area (Å²) in [6, 6.07) is 0. The van der Waals surface area contributed by atoms with Crippen molar-refractivity contribution in [3.63, 3.8) is 0 Å². The van der Waals surface area contributed by atoms with Gasteiger partial charge in [-0.3, -0.25) is 0 Å². The van der Waals surface area contributed by atoms with Gasteiger partial charge in [-0.05, 0) is 0 Å². The van der Waals surface area contributed by atoms with Crippen molar-refractivity contribution in [2.24, 2.45) is 11.7 Å². The quantitative estimate of drug-likeness (QED) is 0.738. The average Bonchev–Trinajstić information content (AvgIpc) is 2.59. The van der Waals surface area contributed by atoms with Crippen molar-refractivity contribution >= 4 is 0 Å². The number of hydrogen-bond acceptors (Lipinski definition) is 3. The second-order valence-electron chi connectivity index (χ2n) is 4.01. The first kappa shape index (κ1) is 13.5. The van der Waals surface area contributed by atoms with Gasteiger partial charge in [-0.1, -0.05) is 0 Å². The Hall–Kier alpha value is 0.402. The molecule has 0 amide bonds. The number of halogens is 2. The monoisotopic (exact) mass is 313 g/mol. The molecule has 0 aromatic rings. The number of rotatable bonds is 1. The molecule has 2 fully saturated rings. The molecule has 1 aliphatic carbocycles. The second-order valence-corrected chi connectivity index (χ2v) is 4.01. The van der Waals surface area contributed by atoms with E-state index in [1.165, 1.54) is 0 Å². The number of alkyl halides is 2. The predicted molar refractivity (Wildman–Crippen MR) is 46.0 cm³/mol. The van der Waals surface area contributed by atoms with Gasteiger partial charge in [0.15, 0.2) is 5.79 Å². The molecule has 0 aromatic carbocycles. The second kappa shape index (κ2) is 4.72. The third-order valence-electron chi connectivity index (χ3n) is 3.09. The fraction of sp³-hybridized carbons (Fsp3) is 1.00. The van der Waals surface area contributed by atoms with E-state index in [0.29, 0.717) is 13.2 Å². The molecule has 15 heavy (non-hydrogen) atoms. The van der Waals surface area contributed by atoms with Gasteiger partial charge in [0.25, 0.3) is 5.92 Å². The van der Waals surface area contributed by atoms with Crippen LogP contribution >= 0.6 is 0 Å². The molecule has 1 saturated carbocycles. The molecular weight excluding hydrogens is 299 g/mol. The van der Waals surface area contributed by atoms with Gasteiger partial charge in [0, 0.05) is 52.1 Å². The van der Waals surface area contributed by atoms with Crippen LogP contribution in [0.2, 0.25) is 0 Å². The van der Waals surface area contributed by atoms with E-state index in [4.69, 9.17) is 15.2 Å². The minimum atomic E-state index is -2.66. The van der Waals surface area contributed by atoms with Gasteiger partial charge in [-0.15, -0.1) is 0 Å². The summed E-state index contributed by atoms with van der Waals surface area (Å²) in [7, 11) is 0. The maximum Gasteiger partial charge on any atom is 0.252 e. The average molecular weight is 314 g/mol. The largest absolute Gasteiger partial charge is 0.348 e. The first-order valence-electron chi connectivity index (χ1n) is 4.94. The summed E-state index contributed by atoms with van der Waals surface area (Å²) < 4.78 is 37.4. The molecule has 2 N–H and O–H groups in total. The van der Waals surface area contributed by atoms with Gasteiger partial charge in [0.1, 0.15) is 0 Å². The minimum Gasteiger partial charge on any atom is -0.348 e. The van der Waals surface area contributed by atoms with Crippen LogP contribution in [0.15, 0.2) is 0 Å². The smallest absolute Gasteiger partial charge is 0.252 e. The van der Waals surface area contributed by atoms with Crippen LogP contribution in [0.3, 0.4) is 0 Å². The Balaban J connectivity index is 0.00000112. The number of nitrogens with two attached hydrogens (primary N) is 1.